The van der Waals surface area contributed by atoms with Gasteiger partial charge in [-0.05, 0) is 31.5 Å². The van der Waals surface area contributed by atoms with E-state index in [1.807, 2.05) is 12.1 Å². The second kappa shape index (κ2) is 7.35. The first kappa shape index (κ1) is 15.7. The summed E-state index contributed by atoms with van der Waals surface area (Å²) in [5.41, 5.74) is 0.730. The lowest BCUT2D eigenvalue weighted by atomic mass is 10.2. The SMILES string of the molecule is CCN(CC)c1ccc(CNC(=O)c2ccc(=O)[nH]n2)cn1. The van der Waals surface area contributed by atoms with E-state index < -0.39 is 0 Å². The van der Waals surface area contributed by atoms with Gasteiger partial charge in [0.2, 0.25) is 0 Å². The van der Waals surface area contributed by atoms with Gasteiger partial charge in [-0.1, -0.05) is 6.07 Å². The van der Waals surface area contributed by atoms with E-state index in [9.17, 15) is 9.59 Å². The molecule has 7 heteroatoms. The number of hydrogen-bond acceptors (Lipinski definition) is 5. The van der Waals surface area contributed by atoms with Crippen molar-refractivity contribution in [1.29, 1.82) is 0 Å². The zero-order valence-corrected chi connectivity index (χ0v) is 12.7. The Balaban J connectivity index is 1.95. The largest absolute Gasteiger partial charge is 0.357 e. The van der Waals surface area contributed by atoms with Crippen molar-refractivity contribution in [1.82, 2.24) is 20.5 Å². The minimum Gasteiger partial charge on any atom is -0.357 e. The molecule has 0 bridgehead atoms. The maximum atomic E-state index is 11.9. The minimum absolute atomic E-state index is 0.173. The number of rotatable bonds is 6. The number of hydrogen-bond donors (Lipinski definition) is 2. The number of carbonyl (C=O) groups excluding carboxylic acids is 1. The highest BCUT2D eigenvalue weighted by Gasteiger charge is 2.07. The van der Waals surface area contributed by atoms with Gasteiger partial charge in [0.1, 0.15) is 11.5 Å². The summed E-state index contributed by atoms with van der Waals surface area (Å²) in [7, 11) is 0. The molecule has 2 rings (SSSR count). The summed E-state index contributed by atoms with van der Waals surface area (Å²) in [6, 6.07) is 6.52. The number of pyridine rings is 1. The highest BCUT2D eigenvalue weighted by molar-refractivity contribution is 5.91. The van der Waals surface area contributed by atoms with Crippen LogP contribution in [0.5, 0.6) is 0 Å². The van der Waals surface area contributed by atoms with Crippen molar-refractivity contribution in [3.05, 3.63) is 52.1 Å². The van der Waals surface area contributed by atoms with Crippen molar-refractivity contribution in [2.75, 3.05) is 18.0 Å². The van der Waals surface area contributed by atoms with Gasteiger partial charge in [0.25, 0.3) is 11.5 Å². The van der Waals surface area contributed by atoms with Crippen molar-refractivity contribution in [2.24, 2.45) is 0 Å². The maximum Gasteiger partial charge on any atom is 0.271 e. The maximum absolute atomic E-state index is 11.9. The first-order chi connectivity index (χ1) is 10.6. The van der Waals surface area contributed by atoms with Crippen LogP contribution in [0.15, 0.2) is 35.3 Å². The average molecular weight is 301 g/mol. The van der Waals surface area contributed by atoms with Crippen molar-refractivity contribution >= 4 is 11.7 Å². The Kier molecular flexibility index (Phi) is 5.24. The summed E-state index contributed by atoms with van der Waals surface area (Å²) < 4.78 is 0. The van der Waals surface area contributed by atoms with Crippen LogP contribution in [0.1, 0.15) is 29.9 Å². The molecule has 0 fully saturated rings. The highest BCUT2D eigenvalue weighted by Crippen LogP contribution is 2.10. The molecular weight excluding hydrogens is 282 g/mol. The van der Waals surface area contributed by atoms with Gasteiger partial charge in [-0.25, -0.2) is 10.1 Å². The van der Waals surface area contributed by atoms with E-state index in [1.165, 1.54) is 12.1 Å². The highest BCUT2D eigenvalue weighted by atomic mass is 16.2. The fourth-order valence-electron chi connectivity index (χ4n) is 2.00. The molecule has 2 N–H and O–H groups in total. The number of aromatic nitrogens is 3. The van der Waals surface area contributed by atoms with Crippen LogP contribution in [0, 0.1) is 0 Å². The Morgan fingerprint density at radius 1 is 1.23 bits per heavy atom. The number of nitrogens with one attached hydrogen (secondary N) is 2. The van der Waals surface area contributed by atoms with Gasteiger partial charge in [-0.2, -0.15) is 5.10 Å². The Labute approximate surface area is 128 Å². The molecular formula is C15H19N5O2. The van der Waals surface area contributed by atoms with E-state index in [0.717, 1.165) is 24.5 Å². The van der Waals surface area contributed by atoms with Crippen molar-refractivity contribution in [3.8, 4) is 0 Å². The minimum atomic E-state index is -0.343. The Bertz CT molecular complexity index is 657. The molecule has 0 aromatic carbocycles. The zero-order chi connectivity index (χ0) is 15.9. The molecule has 2 aromatic heterocycles. The first-order valence-electron chi connectivity index (χ1n) is 7.17. The average Bonchev–Trinajstić information content (AvgIpc) is 2.55. The van der Waals surface area contributed by atoms with Crippen LogP contribution >= 0.6 is 0 Å². The van der Waals surface area contributed by atoms with E-state index in [0.29, 0.717) is 6.54 Å². The molecule has 22 heavy (non-hydrogen) atoms. The number of amides is 1. The number of carbonyl (C=O) groups is 1. The molecule has 0 spiro atoms. The summed E-state index contributed by atoms with van der Waals surface area (Å²) in [5.74, 6) is 0.575. The molecule has 2 heterocycles. The summed E-state index contributed by atoms with van der Waals surface area (Å²) in [6.45, 7) is 6.31. The molecule has 0 radical (unpaired) electrons. The van der Waals surface area contributed by atoms with Crippen LogP contribution in [0.25, 0.3) is 0 Å². The standard InChI is InChI=1S/C15H19N5O2/c1-3-20(4-2)13-7-5-11(9-16-13)10-17-15(22)12-6-8-14(21)19-18-12/h5-9H,3-4,10H2,1-2H3,(H,17,22)(H,19,21). The van der Waals surface area contributed by atoms with Gasteiger partial charge in [0.15, 0.2) is 0 Å². The van der Waals surface area contributed by atoms with Crippen molar-refractivity contribution < 1.29 is 4.79 Å². The Morgan fingerprint density at radius 3 is 2.55 bits per heavy atom. The van der Waals surface area contributed by atoms with E-state index in [4.69, 9.17) is 0 Å². The normalized spacial score (nSPS) is 10.3. The van der Waals surface area contributed by atoms with E-state index in [2.05, 4.69) is 39.2 Å². The van der Waals surface area contributed by atoms with Gasteiger partial charge in [-0.3, -0.25) is 9.59 Å². The molecule has 0 saturated carbocycles. The second-order valence-corrected chi connectivity index (χ2v) is 4.69. The molecule has 0 saturated heterocycles. The van der Waals surface area contributed by atoms with Crippen LogP contribution in [0.2, 0.25) is 0 Å². The smallest absolute Gasteiger partial charge is 0.271 e. The van der Waals surface area contributed by atoms with Gasteiger partial charge >= 0.3 is 0 Å². The molecule has 0 aliphatic carbocycles. The summed E-state index contributed by atoms with van der Waals surface area (Å²) >= 11 is 0. The third kappa shape index (κ3) is 3.91. The zero-order valence-electron chi connectivity index (χ0n) is 12.7. The molecule has 2 aromatic rings. The predicted molar refractivity (Wildman–Crippen MR) is 83.8 cm³/mol. The monoisotopic (exact) mass is 301 g/mol. The lowest BCUT2D eigenvalue weighted by Crippen LogP contribution is -2.26. The molecule has 1 amide bonds. The molecule has 0 aliphatic rings. The van der Waals surface area contributed by atoms with Crippen LogP contribution in [0.4, 0.5) is 5.82 Å². The lowest BCUT2D eigenvalue weighted by molar-refractivity contribution is 0.0945. The second-order valence-electron chi connectivity index (χ2n) is 4.69. The van der Waals surface area contributed by atoms with E-state index in [1.54, 1.807) is 6.20 Å². The lowest BCUT2D eigenvalue weighted by Gasteiger charge is -2.19. The Morgan fingerprint density at radius 2 is 2.00 bits per heavy atom. The number of aromatic amines is 1. The summed E-state index contributed by atoms with van der Waals surface area (Å²) in [6.07, 6.45) is 1.74. The molecule has 0 unspecified atom stereocenters. The quantitative estimate of drug-likeness (QED) is 0.828. The topological polar surface area (TPSA) is 91.0 Å². The van der Waals surface area contributed by atoms with E-state index in [-0.39, 0.29) is 17.2 Å². The molecule has 7 nitrogen and oxygen atoms in total. The molecule has 0 atom stereocenters. The van der Waals surface area contributed by atoms with Crippen molar-refractivity contribution in [3.63, 3.8) is 0 Å². The van der Waals surface area contributed by atoms with Crippen LogP contribution < -0.4 is 15.8 Å². The third-order valence-electron chi connectivity index (χ3n) is 3.26. The number of anilines is 1. The van der Waals surface area contributed by atoms with Gasteiger partial charge in [0, 0.05) is 31.9 Å². The third-order valence-corrected chi connectivity index (χ3v) is 3.26. The molecule has 116 valence electrons. The fourth-order valence-corrected chi connectivity index (χ4v) is 2.00. The first-order valence-corrected chi connectivity index (χ1v) is 7.17. The van der Waals surface area contributed by atoms with Crippen molar-refractivity contribution in [2.45, 2.75) is 20.4 Å². The van der Waals surface area contributed by atoms with Crippen LogP contribution in [-0.2, 0) is 6.54 Å². The van der Waals surface area contributed by atoms with E-state index >= 15 is 0 Å². The fraction of sp³-hybridized carbons (Fsp3) is 0.333. The Hall–Kier alpha value is -2.70. The van der Waals surface area contributed by atoms with Gasteiger partial charge in [-0.15, -0.1) is 0 Å². The summed E-state index contributed by atoms with van der Waals surface area (Å²) in [4.78, 5) is 29.3. The summed E-state index contributed by atoms with van der Waals surface area (Å²) in [5, 5.41) is 8.64. The number of nitrogens with zero attached hydrogens (tertiary/aromatic N) is 3. The van der Waals surface area contributed by atoms with Gasteiger partial charge in [0.05, 0.1) is 0 Å². The molecule has 0 aliphatic heterocycles. The van der Waals surface area contributed by atoms with Crippen LogP contribution in [0.3, 0.4) is 0 Å². The number of H-pyrrole nitrogens is 1. The van der Waals surface area contributed by atoms with Crippen LogP contribution in [-0.4, -0.2) is 34.2 Å². The van der Waals surface area contributed by atoms with Gasteiger partial charge < -0.3 is 10.2 Å². The predicted octanol–water partition coefficient (Wildman–Crippen LogP) is 0.941.